The van der Waals surface area contributed by atoms with E-state index < -0.39 is 11.5 Å². The van der Waals surface area contributed by atoms with Gasteiger partial charge in [-0.05, 0) is 25.2 Å². The molecule has 2 N–H and O–H groups in total. The van der Waals surface area contributed by atoms with Crippen LogP contribution in [0.5, 0.6) is 0 Å². The molecule has 0 fully saturated rings. The Balaban J connectivity index is 0.00000264. The Morgan fingerprint density at radius 3 is 1.83 bits per heavy atom. The molecule has 2 rings (SSSR count). The summed E-state index contributed by atoms with van der Waals surface area (Å²) in [6.45, 7) is 1.19. The lowest BCUT2D eigenvalue weighted by molar-refractivity contribution is -0.136. The van der Waals surface area contributed by atoms with Gasteiger partial charge in [-0.25, -0.2) is 0 Å². The minimum absolute atomic E-state index is 0. The lowest BCUT2D eigenvalue weighted by atomic mass is 9.85. The Bertz CT molecular complexity index is 563. The third-order valence-electron chi connectivity index (χ3n) is 3.56. The van der Waals surface area contributed by atoms with Gasteiger partial charge < -0.3 is 15.3 Å². The average Bonchev–Trinajstić information content (AvgIpc) is 2.55. The first-order valence-corrected chi connectivity index (χ1v) is 7.31. The average molecular weight is 335 g/mol. The first-order chi connectivity index (χ1) is 10.5. The summed E-state index contributed by atoms with van der Waals surface area (Å²) in [7, 11) is 3.87. The van der Waals surface area contributed by atoms with Crippen LogP contribution in [0.2, 0.25) is 0 Å². The molecule has 4 nitrogen and oxygen atoms in total. The smallest absolute Gasteiger partial charge is 0.261 e. The second-order valence-electron chi connectivity index (χ2n) is 5.50. The first-order valence-electron chi connectivity index (χ1n) is 7.31. The van der Waals surface area contributed by atoms with Crippen LogP contribution in [0.25, 0.3) is 0 Å². The summed E-state index contributed by atoms with van der Waals surface area (Å²) >= 11 is 0. The van der Waals surface area contributed by atoms with Crippen LogP contribution < -0.4 is 5.32 Å². The van der Waals surface area contributed by atoms with Crippen LogP contribution in [-0.2, 0) is 10.4 Å². The van der Waals surface area contributed by atoms with Crippen molar-refractivity contribution in [2.75, 3.05) is 27.2 Å². The van der Waals surface area contributed by atoms with Gasteiger partial charge in [-0.15, -0.1) is 12.4 Å². The van der Waals surface area contributed by atoms with Crippen LogP contribution in [-0.4, -0.2) is 43.1 Å². The maximum absolute atomic E-state index is 12.7. The van der Waals surface area contributed by atoms with Gasteiger partial charge in [-0.2, -0.15) is 0 Å². The predicted molar refractivity (Wildman–Crippen MR) is 94.7 cm³/mol. The highest BCUT2D eigenvalue weighted by Gasteiger charge is 2.39. The number of likely N-dealkylation sites (N-methyl/N-ethyl adjacent to an activating group) is 1. The number of hydrogen-bond acceptors (Lipinski definition) is 3. The molecule has 5 heteroatoms. The van der Waals surface area contributed by atoms with Gasteiger partial charge in [-0.3, -0.25) is 4.79 Å². The lowest BCUT2D eigenvalue weighted by Gasteiger charge is -2.28. The molecular weight excluding hydrogens is 312 g/mol. The molecule has 0 saturated carbocycles. The molecule has 23 heavy (non-hydrogen) atoms. The molecule has 0 radical (unpaired) electrons. The van der Waals surface area contributed by atoms with Crippen molar-refractivity contribution in [3.05, 3.63) is 71.8 Å². The summed E-state index contributed by atoms with van der Waals surface area (Å²) in [6, 6.07) is 18.0. The van der Waals surface area contributed by atoms with Crippen LogP contribution in [0, 0.1) is 0 Å². The van der Waals surface area contributed by atoms with Crippen molar-refractivity contribution in [3.8, 4) is 0 Å². The van der Waals surface area contributed by atoms with Crippen LogP contribution in [0.1, 0.15) is 11.1 Å². The van der Waals surface area contributed by atoms with E-state index in [0.29, 0.717) is 24.2 Å². The van der Waals surface area contributed by atoms with Crippen LogP contribution in [0.3, 0.4) is 0 Å². The summed E-state index contributed by atoms with van der Waals surface area (Å²) in [5.74, 6) is -0.410. The number of rotatable bonds is 6. The Morgan fingerprint density at radius 2 is 1.43 bits per heavy atom. The minimum atomic E-state index is -1.69. The number of nitrogens with zero attached hydrogens (tertiary/aromatic N) is 1. The van der Waals surface area contributed by atoms with Crippen LogP contribution in [0.4, 0.5) is 0 Å². The van der Waals surface area contributed by atoms with Gasteiger partial charge in [-0.1, -0.05) is 60.7 Å². The number of nitrogens with one attached hydrogen (secondary N) is 1. The third kappa shape index (κ3) is 4.55. The Labute approximate surface area is 143 Å². The highest BCUT2D eigenvalue weighted by atomic mass is 35.5. The maximum Gasteiger partial charge on any atom is 0.261 e. The predicted octanol–water partition coefficient (Wildman–Crippen LogP) is 2.02. The van der Waals surface area contributed by atoms with Gasteiger partial charge in [0, 0.05) is 13.1 Å². The standard InChI is InChI=1S/C18H22N2O2.ClH/c1-20(2)14-13-19-17(21)18(22,15-9-5-3-6-10-15)16-11-7-4-8-12-16;/h3-12,22H,13-14H2,1-2H3,(H,19,21);1H. The molecule has 0 unspecified atom stereocenters. The number of carbonyl (C=O) groups is 1. The van der Waals surface area contributed by atoms with E-state index in [4.69, 9.17) is 0 Å². The molecule has 2 aromatic rings. The van der Waals surface area contributed by atoms with Gasteiger partial charge in [0.1, 0.15) is 0 Å². The molecule has 0 aliphatic rings. The summed E-state index contributed by atoms with van der Waals surface area (Å²) in [5.41, 5.74) is -0.568. The quantitative estimate of drug-likeness (QED) is 0.850. The van der Waals surface area contributed by atoms with E-state index in [0.717, 1.165) is 0 Å². The zero-order chi connectivity index (χ0) is 16.0. The van der Waals surface area contributed by atoms with Gasteiger partial charge in [0.05, 0.1) is 0 Å². The maximum atomic E-state index is 12.7. The number of hydrogen-bond donors (Lipinski definition) is 2. The van der Waals surface area contributed by atoms with E-state index in [1.165, 1.54) is 0 Å². The summed E-state index contributed by atoms with van der Waals surface area (Å²) < 4.78 is 0. The monoisotopic (exact) mass is 334 g/mol. The summed E-state index contributed by atoms with van der Waals surface area (Å²) in [4.78, 5) is 14.6. The van der Waals surface area contributed by atoms with Crippen molar-refractivity contribution in [2.24, 2.45) is 0 Å². The molecule has 0 saturated heterocycles. The third-order valence-corrected chi connectivity index (χ3v) is 3.56. The van der Waals surface area contributed by atoms with E-state index >= 15 is 0 Å². The molecule has 2 aromatic carbocycles. The fraction of sp³-hybridized carbons (Fsp3) is 0.278. The number of halogens is 1. The van der Waals surface area contributed by atoms with Crippen LogP contribution in [0.15, 0.2) is 60.7 Å². The van der Waals surface area contributed by atoms with Gasteiger partial charge >= 0.3 is 0 Å². The van der Waals surface area contributed by atoms with Crippen molar-refractivity contribution >= 4 is 18.3 Å². The largest absolute Gasteiger partial charge is 0.372 e. The summed E-state index contributed by atoms with van der Waals surface area (Å²) in [6.07, 6.45) is 0. The fourth-order valence-corrected chi connectivity index (χ4v) is 2.31. The molecule has 0 aromatic heterocycles. The number of aliphatic hydroxyl groups is 1. The Kier molecular flexibility index (Phi) is 7.23. The zero-order valence-corrected chi connectivity index (χ0v) is 14.2. The Morgan fingerprint density at radius 1 is 1.00 bits per heavy atom. The van der Waals surface area contributed by atoms with Crippen molar-refractivity contribution in [3.63, 3.8) is 0 Å². The van der Waals surface area contributed by atoms with E-state index in [-0.39, 0.29) is 12.4 Å². The minimum Gasteiger partial charge on any atom is -0.372 e. The number of amides is 1. The number of benzene rings is 2. The van der Waals surface area contributed by atoms with Gasteiger partial charge in [0.25, 0.3) is 5.91 Å². The van der Waals surface area contributed by atoms with Crippen molar-refractivity contribution in [1.29, 1.82) is 0 Å². The molecule has 124 valence electrons. The molecule has 0 heterocycles. The Hall–Kier alpha value is -1.88. The molecule has 0 aliphatic carbocycles. The molecule has 0 aliphatic heterocycles. The van der Waals surface area contributed by atoms with Gasteiger partial charge in [0.15, 0.2) is 5.60 Å². The van der Waals surface area contributed by atoms with Crippen LogP contribution >= 0.6 is 12.4 Å². The highest BCUT2D eigenvalue weighted by molar-refractivity contribution is 5.90. The van der Waals surface area contributed by atoms with Crippen molar-refractivity contribution in [1.82, 2.24) is 10.2 Å². The SMILES string of the molecule is CN(C)CCNC(=O)C(O)(c1ccccc1)c1ccccc1.Cl. The van der Waals surface area contributed by atoms with E-state index in [9.17, 15) is 9.90 Å². The molecule has 0 atom stereocenters. The second kappa shape index (κ2) is 8.67. The lowest BCUT2D eigenvalue weighted by Crippen LogP contribution is -2.47. The first kappa shape index (κ1) is 19.2. The van der Waals surface area contributed by atoms with Gasteiger partial charge in [0.2, 0.25) is 0 Å². The van der Waals surface area contributed by atoms with E-state index in [1.54, 1.807) is 24.3 Å². The molecule has 0 bridgehead atoms. The topological polar surface area (TPSA) is 52.6 Å². The summed E-state index contributed by atoms with van der Waals surface area (Å²) in [5, 5.41) is 14.0. The zero-order valence-electron chi connectivity index (χ0n) is 13.4. The number of carbonyl (C=O) groups excluding carboxylic acids is 1. The molecule has 0 spiro atoms. The van der Waals surface area contributed by atoms with E-state index in [2.05, 4.69) is 5.32 Å². The normalized spacial score (nSPS) is 11.0. The second-order valence-corrected chi connectivity index (χ2v) is 5.50. The molecular formula is C18H23ClN2O2. The molecule has 1 amide bonds. The van der Waals surface area contributed by atoms with E-state index in [1.807, 2.05) is 55.4 Å². The fourth-order valence-electron chi connectivity index (χ4n) is 2.31. The van der Waals surface area contributed by atoms with Crippen molar-refractivity contribution < 1.29 is 9.90 Å². The van der Waals surface area contributed by atoms with Crippen molar-refractivity contribution in [2.45, 2.75) is 5.60 Å². The highest BCUT2D eigenvalue weighted by Crippen LogP contribution is 2.29.